The van der Waals surface area contributed by atoms with Crippen molar-refractivity contribution in [3.63, 3.8) is 0 Å². The van der Waals surface area contributed by atoms with E-state index in [0.717, 1.165) is 13.0 Å². The van der Waals surface area contributed by atoms with Crippen molar-refractivity contribution in [1.29, 1.82) is 0 Å². The zero-order valence-electron chi connectivity index (χ0n) is 17.1. The third-order valence-corrected chi connectivity index (χ3v) is 6.10. The molecule has 4 rings (SSSR count). The van der Waals surface area contributed by atoms with Crippen LogP contribution in [0.15, 0.2) is 72.0 Å². The molecule has 2 aromatic rings. The monoisotopic (exact) mass is 355 g/mol. The van der Waals surface area contributed by atoms with Gasteiger partial charge in [0.2, 0.25) is 0 Å². The SMILES string of the molecule is CCN(C1=CC=C(C)C=CC1)c1cc2c(cc1C)-c1ccccc1C2(C)C. The van der Waals surface area contributed by atoms with E-state index in [1.54, 1.807) is 0 Å². The van der Waals surface area contributed by atoms with E-state index in [2.05, 4.69) is 100 Å². The van der Waals surface area contributed by atoms with Crippen LogP contribution in [0.4, 0.5) is 5.69 Å². The van der Waals surface area contributed by atoms with Crippen LogP contribution in [0.3, 0.4) is 0 Å². The van der Waals surface area contributed by atoms with Crippen LogP contribution in [0.5, 0.6) is 0 Å². The standard InChI is InChI=1S/C26H29N/c1-6-27(20-11-9-10-18(2)14-15-20)25-17-24-22(16-19(25)3)21-12-7-8-13-23(21)26(24,4)5/h7-10,12-17H,6,11H2,1-5H3. The number of benzene rings is 2. The molecule has 0 fully saturated rings. The molecule has 0 aromatic heterocycles. The zero-order valence-corrected chi connectivity index (χ0v) is 17.1. The van der Waals surface area contributed by atoms with Gasteiger partial charge in [-0.05, 0) is 66.8 Å². The summed E-state index contributed by atoms with van der Waals surface area (Å²) in [6.45, 7) is 12.3. The first kappa shape index (κ1) is 17.9. The predicted octanol–water partition coefficient (Wildman–Crippen LogP) is 6.92. The quantitative estimate of drug-likeness (QED) is 0.577. The third-order valence-electron chi connectivity index (χ3n) is 6.10. The first-order valence-electron chi connectivity index (χ1n) is 10.00. The number of anilines is 1. The maximum Gasteiger partial charge on any atom is 0.0441 e. The number of aryl methyl sites for hydroxylation is 1. The lowest BCUT2D eigenvalue weighted by Gasteiger charge is -2.30. The summed E-state index contributed by atoms with van der Waals surface area (Å²) < 4.78 is 0. The molecule has 2 aliphatic carbocycles. The lowest BCUT2D eigenvalue weighted by molar-refractivity contribution is 0.660. The van der Waals surface area contributed by atoms with E-state index >= 15 is 0 Å². The Labute approximate surface area is 163 Å². The Morgan fingerprint density at radius 2 is 1.74 bits per heavy atom. The van der Waals surface area contributed by atoms with Gasteiger partial charge in [-0.15, -0.1) is 0 Å². The molecule has 0 saturated carbocycles. The van der Waals surface area contributed by atoms with Crippen LogP contribution in [0.1, 0.15) is 50.8 Å². The van der Waals surface area contributed by atoms with Gasteiger partial charge in [-0.2, -0.15) is 0 Å². The highest BCUT2D eigenvalue weighted by atomic mass is 15.1. The zero-order chi connectivity index (χ0) is 19.2. The van der Waals surface area contributed by atoms with E-state index in [-0.39, 0.29) is 5.41 Å². The van der Waals surface area contributed by atoms with Gasteiger partial charge in [0.05, 0.1) is 0 Å². The van der Waals surface area contributed by atoms with Gasteiger partial charge in [-0.25, -0.2) is 0 Å². The van der Waals surface area contributed by atoms with Gasteiger partial charge >= 0.3 is 0 Å². The fourth-order valence-electron chi connectivity index (χ4n) is 4.58. The average molecular weight is 356 g/mol. The summed E-state index contributed by atoms with van der Waals surface area (Å²) in [5, 5.41) is 0. The van der Waals surface area contributed by atoms with Crippen LogP contribution in [0.25, 0.3) is 11.1 Å². The Morgan fingerprint density at radius 3 is 2.52 bits per heavy atom. The minimum atomic E-state index is 0.0437. The van der Waals surface area contributed by atoms with Crippen LogP contribution in [-0.2, 0) is 5.41 Å². The normalized spacial score (nSPS) is 16.9. The molecular weight excluding hydrogens is 326 g/mol. The second-order valence-electron chi connectivity index (χ2n) is 8.27. The van der Waals surface area contributed by atoms with Crippen molar-refractivity contribution >= 4 is 5.69 Å². The number of allylic oxidation sites excluding steroid dienone is 5. The topological polar surface area (TPSA) is 3.24 Å². The Balaban J connectivity index is 1.85. The average Bonchev–Trinajstić information content (AvgIpc) is 2.78. The van der Waals surface area contributed by atoms with Crippen molar-refractivity contribution in [2.75, 3.05) is 11.4 Å². The maximum atomic E-state index is 2.48. The highest BCUT2D eigenvalue weighted by Crippen LogP contribution is 2.50. The molecule has 0 N–H and O–H groups in total. The minimum Gasteiger partial charge on any atom is -0.345 e. The number of rotatable bonds is 3. The molecule has 0 bridgehead atoms. The van der Waals surface area contributed by atoms with E-state index in [0.29, 0.717) is 0 Å². The summed E-state index contributed by atoms with van der Waals surface area (Å²) in [7, 11) is 0. The number of nitrogens with zero attached hydrogens (tertiary/aromatic N) is 1. The smallest absolute Gasteiger partial charge is 0.0441 e. The van der Waals surface area contributed by atoms with Gasteiger partial charge in [0.25, 0.3) is 0 Å². The summed E-state index contributed by atoms with van der Waals surface area (Å²) in [5.41, 5.74) is 11.1. The van der Waals surface area contributed by atoms with Crippen molar-refractivity contribution in [2.45, 2.75) is 46.5 Å². The van der Waals surface area contributed by atoms with Crippen LogP contribution < -0.4 is 4.90 Å². The molecule has 0 unspecified atom stereocenters. The summed E-state index contributed by atoms with van der Waals surface area (Å²) in [6, 6.07) is 13.7. The molecule has 0 radical (unpaired) electrons. The van der Waals surface area contributed by atoms with Crippen molar-refractivity contribution in [2.24, 2.45) is 0 Å². The lowest BCUT2D eigenvalue weighted by Crippen LogP contribution is -2.23. The molecule has 27 heavy (non-hydrogen) atoms. The minimum absolute atomic E-state index is 0.0437. The highest BCUT2D eigenvalue weighted by Gasteiger charge is 2.36. The summed E-state index contributed by atoms with van der Waals surface area (Å²) in [5.74, 6) is 0. The first-order valence-corrected chi connectivity index (χ1v) is 10.00. The molecule has 0 aliphatic heterocycles. The molecule has 138 valence electrons. The number of hydrogen-bond acceptors (Lipinski definition) is 1. The van der Waals surface area contributed by atoms with Gasteiger partial charge in [0.1, 0.15) is 0 Å². The van der Waals surface area contributed by atoms with Gasteiger partial charge in [-0.1, -0.05) is 61.9 Å². The van der Waals surface area contributed by atoms with E-state index in [9.17, 15) is 0 Å². The molecule has 0 heterocycles. The summed E-state index contributed by atoms with van der Waals surface area (Å²) in [4.78, 5) is 2.48. The maximum absolute atomic E-state index is 2.48. The van der Waals surface area contributed by atoms with Crippen molar-refractivity contribution < 1.29 is 0 Å². The second-order valence-corrected chi connectivity index (χ2v) is 8.27. The molecule has 0 spiro atoms. The predicted molar refractivity (Wildman–Crippen MR) is 117 cm³/mol. The van der Waals surface area contributed by atoms with E-state index in [1.165, 1.54) is 44.8 Å². The molecule has 0 atom stereocenters. The van der Waals surface area contributed by atoms with Crippen molar-refractivity contribution in [1.82, 2.24) is 0 Å². The van der Waals surface area contributed by atoms with Crippen LogP contribution in [0.2, 0.25) is 0 Å². The Hall–Kier alpha value is -2.54. The molecule has 1 nitrogen and oxygen atoms in total. The van der Waals surface area contributed by atoms with Crippen LogP contribution in [0, 0.1) is 6.92 Å². The molecule has 1 heteroatoms. The Morgan fingerprint density at radius 1 is 0.963 bits per heavy atom. The molecular formula is C26H29N. The second kappa shape index (κ2) is 6.56. The van der Waals surface area contributed by atoms with Gasteiger partial charge in [-0.3, -0.25) is 0 Å². The van der Waals surface area contributed by atoms with E-state index in [1.807, 2.05) is 0 Å². The fourth-order valence-corrected chi connectivity index (χ4v) is 4.58. The molecule has 2 aliphatic rings. The summed E-state index contributed by atoms with van der Waals surface area (Å²) in [6.07, 6.45) is 9.97. The highest BCUT2D eigenvalue weighted by molar-refractivity contribution is 5.84. The lowest BCUT2D eigenvalue weighted by atomic mass is 9.82. The largest absolute Gasteiger partial charge is 0.345 e. The first-order chi connectivity index (χ1) is 12.9. The molecule has 0 saturated heterocycles. The third kappa shape index (κ3) is 2.86. The van der Waals surface area contributed by atoms with Crippen LogP contribution >= 0.6 is 0 Å². The van der Waals surface area contributed by atoms with E-state index < -0.39 is 0 Å². The number of hydrogen-bond donors (Lipinski definition) is 0. The molecule has 0 amide bonds. The van der Waals surface area contributed by atoms with Gasteiger partial charge in [0, 0.05) is 29.8 Å². The molecule has 2 aromatic carbocycles. The van der Waals surface area contributed by atoms with Crippen LogP contribution in [-0.4, -0.2) is 6.54 Å². The summed E-state index contributed by atoms with van der Waals surface area (Å²) >= 11 is 0. The number of fused-ring (bicyclic) bond motifs is 3. The van der Waals surface area contributed by atoms with E-state index in [4.69, 9.17) is 0 Å². The Kier molecular flexibility index (Phi) is 4.34. The van der Waals surface area contributed by atoms with Gasteiger partial charge in [0.15, 0.2) is 0 Å². The van der Waals surface area contributed by atoms with Crippen molar-refractivity contribution in [3.05, 3.63) is 88.7 Å². The fraction of sp³-hybridized carbons (Fsp3) is 0.308. The Bertz CT molecular complexity index is 985. The van der Waals surface area contributed by atoms with Gasteiger partial charge < -0.3 is 4.90 Å². The van der Waals surface area contributed by atoms with Crippen molar-refractivity contribution in [3.8, 4) is 11.1 Å².